The van der Waals surface area contributed by atoms with E-state index >= 15 is 0 Å². The number of nitrogens with one attached hydrogen (secondary N) is 1. The Morgan fingerprint density at radius 2 is 1.97 bits per heavy atom. The number of thioether (sulfide) groups is 1. The van der Waals surface area contributed by atoms with E-state index in [1.807, 2.05) is 59.6 Å². The van der Waals surface area contributed by atoms with E-state index in [4.69, 9.17) is 14.6 Å². The Morgan fingerprint density at radius 3 is 2.79 bits per heavy atom. The second-order valence-corrected chi connectivity index (χ2v) is 9.39. The number of hydrazone groups is 1. The summed E-state index contributed by atoms with van der Waals surface area (Å²) < 4.78 is 11.6. The van der Waals surface area contributed by atoms with E-state index < -0.39 is 5.18 Å². The summed E-state index contributed by atoms with van der Waals surface area (Å²) in [5, 5.41) is 18.5. The van der Waals surface area contributed by atoms with Crippen LogP contribution in [0.3, 0.4) is 0 Å². The van der Waals surface area contributed by atoms with Crippen molar-refractivity contribution in [3.63, 3.8) is 0 Å². The summed E-state index contributed by atoms with van der Waals surface area (Å²) in [4.78, 5) is 13.6. The van der Waals surface area contributed by atoms with E-state index in [2.05, 4.69) is 5.32 Å². The average molecular weight is 472 g/mol. The second-order valence-electron chi connectivity index (χ2n) is 8.19. The fraction of sp³-hybridized carbons (Fsp3) is 0.154. The van der Waals surface area contributed by atoms with Crippen molar-refractivity contribution < 1.29 is 19.4 Å². The van der Waals surface area contributed by atoms with Crippen molar-refractivity contribution in [1.82, 2.24) is 10.3 Å². The number of fused-ring (bicyclic) bond motifs is 4. The van der Waals surface area contributed by atoms with Crippen LogP contribution in [0.5, 0.6) is 17.2 Å². The summed E-state index contributed by atoms with van der Waals surface area (Å²) in [6.07, 6.45) is 2.46. The molecule has 3 aliphatic heterocycles. The van der Waals surface area contributed by atoms with Gasteiger partial charge in [0.2, 0.25) is 0 Å². The number of rotatable bonds is 3. The minimum Gasteiger partial charge on any atom is -0.504 e. The topological polar surface area (TPSA) is 83.4 Å². The lowest BCUT2D eigenvalue weighted by Gasteiger charge is -2.43. The van der Waals surface area contributed by atoms with Gasteiger partial charge in [-0.15, -0.1) is 0 Å². The lowest BCUT2D eigenvalue weighted by atomic mass is 9.97. The van der Waals surface area contributed by atoms with Crippen LogP contribution < -0.4 is 14.8 Å². The maximum absolute atomic E-state index is 13.1. The number of nitrogens with zero attached hydrogens (tertiary/aromatic N) is 2. The highest BCUT2D eigenvalue weighted by Crippen LogP contribution is 2.53. The summed E-state index contributed by atoms with van der Waals surface area (Å²) >= 11 is 1.29. The maximum atomic E-state index is 13.1. The van der Waals surface area contributed by atoms with Gasteiger partial charge >= 0.3 is 5.18 Å². The van der Waals surface area contributed by atoms with Crippen LogP contribution >= 0.6 is 11.8 Å². The van der Waals surface area contributed by atoms with Crippen LogP contribution in [0.15, 0.2) is 82.8 Å². The first kappa shape index (κ1) is 20.7. The molecule has 34 heavy (non-hydrogen) atoms. The van der Waals surface area contributed by atoms with Gasteiger partial charge in [-0.3, -0.25) is 10.1 Å². The molecule has 3 aromatic carbocycles. The molecule has 2 N–H and O–H groups in total. The second kappa shape index (κ2) is 7.85. The first-order chi connectivity index (χ1) is 16.6. The Labute approximate surface area is 200 Å². The Hall–Kier alpha value is -3.91. The van der Waals surface area contributed by atoms with Crippen molar-refractivity contribution in [2.75, 3.05) is 7.11 Å². The molecule has 170 valence electrons. The van der Waals surface area contributed by atoms with Gasteiger partial charge < -0.3 is 14.6 Å². The number of ether oxygens (including phenoxy) is 2. The van der Waals surface area contributed by atoms with Gasteiger partial charge in [-0.05, 0) is 47.2 Å². The van der Waals surface area contributed by atoms with Crippen LogP contribution in [0, 0.1) is 0 Å². The van der Waals surface area contributed by atoms with Gasteiger partial charge in [0.05, 0.1) is 23.8 Å². The molecule has 0 aromatic heterocycles. The molecule has 3 aliphatic rings. The lowest BCUT2D eigenvalue weighted by molar-refractivity contribution is -0.127. The van der Waals surface area contributed by atoms with Crippen molar-refractivity contribution in [3.8, 4) is 17.2 Å². The van der Waals surface area contributed by atoms with Crippen molar-refractivity contribution in [1.29, 1.82) is 0 Å². The Morgan fingerprint density at radius 1 is 1.18 bits per heavy atom. The zero-order valence-corrected chi connectivity index (χ0v) is 19.1. The van der Waals surface area contributed by atoms with Crippen LogP contribution in [0.1, 0.15) is 29.2 Å². The van der Waals surface area contributed by atoms with Crippen molar-refractivity contribution >= 4 is 29.5 Å². The number of carbonyl (C=O) groups excluding carboxylic acids is 1. The molecule has 7 nitrogen and oxygen atoms in total. The van der Waals surface area contributed by atoms with Gasteiger partial charge in [0.15, 0.2) is 11.5 Å². The largest absolute Gasteiger partial charge is 0.504 e. The zero-order chi connectivity index (χ0) is 23.3. The third kappa shape index (κ3) is 3.30. The molecule has 8 heteroatoms. The van der Waals surface area contributed by atoms with E-state index in [1.165, 1.54) is 18.9 Å². The molecule has 6 rings (SSSR count). The highest BCUT2D eigenvalue weighted by atomic mass is 32.2. The quantitative estimate of drug-likeness (QED) is 0.549. The zero-order valence-electron chi connectivity index (χ0n) is 18.3. The summed E-state index contributed by atoms with van der Waals surface area (Å²) in [5.74, 6) is 0.860. The highest BCUT2D eigenvalue weighted by molar-refractivity contribution is 8.05. The van der Waals surface area contributed by atoms with Crippen LogP contribution in [0.4, 0.5) is 0 Å². The van der Waals surface area contributed by atoms with Gasteiger partial charge in [0.1, 0.15) is 5.75 Å². The van der Waals surface area contributed by atoms with E-state index in [-0.39, 0.29) is 17.7 Å². The summed E-state index contributed by atoms with van der Waals surface area (Å²) in [6.45, 7) is 0. The Kier molecular flexibility index (Phi) is 4.77. The molecule has 2 atom stereocenters. The molecule has 0 saturated carbocycles. The monoisotopic (exact) mass is 471 g/mol. The third-order valence-electron chi connectivity index (χ3n) is 6.09. The minimum absolute atomic E-state index is 0.0413. The predicted octanol–water partition coefficient (Wildman–Crippen LogP) is 4.46. The summed E-state index contributed by atoms with van der Waals surface area (Å²) in [5.41, 5.74) is 3.76. The van der Waals surface area contributed by atoms with Crippen LogP contribution in [0.25, 0.3) is 6.08 Å². The predicted molar refractivity (Wildman–Crippen MR) is 130 cm³/mol. The Balaban J connectivity index is 1.41. The number of phenolic OH excluding ortho intramolecular Hbond substituents is 1. The fourth-order valence-corrected chi connectivity index (χ4v) is 5.65. The van der Waals surface area contributed by atoms with Gasteiger partial charge in [-0.2, -0.15) is 5.10 Å². The fourth-order valence-electron chi connectivity index (χ4n) is 4.48. The molecule has 1 fully saturated rings. The number of carbonyl (C=O) groups is 1. The normalized spacial score (nSPS) is 23.9. The smallest absolute Gasteiger partial charge is 0.336 e. The highest BCUT2D eigenvalue weighted by Gasteiger charge is 2.57. The summed E-state index contributed by atoms with van der Waals surface area (Å²) in [7, 11) is 1.49. The number of hydrogen-bond donors (Lipinski definition) is 2. The van der Waals surface area contributed by atoms with Crippen LogP contribution in [0.2, 0.25) is 0 Å². The van der Waals surface area contributed by atoms with Crippen molar-refractivity contribution in [3.05, 3.63) is 94.4 Å². The molecule has 1 amide bonds. The molecule has 0 unspecified atom stereocenters. The van der Waals surface area contributed by atoms with Gasteiger partial charge in [0, 0.05) is 12.0 Å². The molecule has 3 heterocycles. The molecular weight excluding hydrogens is 450 g/mol. The maximum Gasteiger partial charge on any atom is 0.336 e. The number of methoxy groups -OCH3 is 1. The minimum atomic E-state index is -1.19. The molecule has 1 saturated heterocycles. The number of amides is 1. The van der Waals surface area contributed by atoms with E-state index in [9.17, 15) is 9.90 Å². The number of para-hydroxylation sites is 1. The number of aromatic hydroxyl groups is 1. The molecular formula is C26H21N3O4S. The van der Waals surface area contributed by atoms with Crippen molar-refractivity contribution in [2.45, 2.75) is 17.6 Å². The third-order valence-corrected chi connectivity index (χ3v) is 7.26. The average Bonchev–Trinajstić information content (AvgIpc) is 3.44. The first-order valence-corrected chi connectivity index (χ1v) is 11.7. The van der Waals surface area contributed by atoms with E-state index in [0.29, 0.717) is 17.1 Å². The van der Waals surface area contributed by atoms with Gasteiger partial charge in [-0.1, -0.05) is 54.6 Å². The van der Waals surface area contributed by atoms with E-state index in [0.717, 1.165) is 28.2 Å². The standard InChI is InChI=1S/C26H21N3O4S/c1-32-23-13-16(11-12-21(23)30)14-24-25(31)27-26(34-24)29-20(18-9-5-6-10-22(18)33-26)15-19(28-29)17-7-3-2-4-8-17/h2-14,20,30H,15H2,1H3,(H,27,31)/b24-14-/t20-,26-/m1/s1. The van der Waals surface area contributed by atoms with Gasteiger partial charge in [-0.25, -0.2) is 5.01 Å². The SMILES string of the molecule is COc1cc(/C=C2\S[C@@]3(NC2=O)Oc2ccccc2[C@H]2CC(c4ccccc4)=NN23)ccc1O. The van der Waals surface area contributed by atoms with Crippen molar-refractivity contribution in [2.24, 2.45) is 5.10 Å². The Bertz CT molecular complexity index is 1360. The molecule has 0 radical (unpaired) electrons. The lowest BCUT2D eigenvalue weighted by Crippen LogP contribution is -2.58. The number of benzene rings is 3. The molecule has 1 spiro atoms. The van der Waals surface area contributed by atoms with Crippen LogP contribution in [-0.4, -0.2) is 34.0 Å². The molecule has 3 aromatic rings. The summed E-state index contributed by atoms with van der Waals surface area (Å²) in [6, 6.07) is 22.8. The number of hydrogen-bond acceptors (Lipinski definition) is 7. The number of phenols is 1. The van der Waals surface area contributed by atoms with E-state index in [1.54, 1.807) is 24.3 Å². The molecule has 0 aliphatic carbocycles. The van der Waals surface area contributed by atoms with Gasteiger partial charge in [0.25, 0.3) is 5.91 Å². The van der Waals surface area contributed by atoms with Crippen LogP contribution in [-0.2, 0) is 4.79 Å². The first-order valence-electron chi connectivity index (χ1n) is 10.9. The molecule has 0 bridgehead atoms.